The van der Waals surface area contributed by atoms with Crippen LogP contribution in [0.5, 0.6) is 0 Å². The van der Waals surface area contributed by atoms with Crippen molar-refractivity contribution in [2.24, 2.45) is 0 Å². The third-order valence-corrected chi connectivity index (χ3v) is 5.24. The van der Waals surface area contributed by atoms with Gasteiger partial charge in [0.1, 0.15) is 24.2 Å². The van der Waals surface area contributed by atoms with Gasteiger partial charge in [0, 0.05) is 38.3 Å². The van der Waals surface area contributed by atoms with E-state index < -0.39 is 0 Å². The lowest BCUT2D eigenvalue weighted by Crippen LogP contribution is -2.42. The van der Waals surface area contributed by atoms with E-state index >= 15 is 0 Å². The highest BCUT2D eigenvalue weighted by Gasteiger charge is 2.24. The lowest BCUT2D eigenvalue weighted by Gasteiger charge is -2.32. The van der Waals surface area contributed by atoms with Crippen LogP contribution in [0.1, 0.15) is 42.5 Å². The second-order valence-electron chi connectivity index (χ2n) is 7.03. The van der Waals surface area contributed by atoms with Gasteiger partial charge in [-0.05, 0) is 38.2 Å². The summed E-state index contributed by atoms with van der Waals surface area (Å²) in [5, 5.41) is 3.52. The third kappa shape index (κ3) is 3.81. The zero-order chi connectivity index (χ0) is 17.8. The fourth-order valence-electron chi connectivity index (χ4n) is 3.73. The van der Waals surface area contributed by atoms with Crippen LogP contribution in [0.4, 0.5) is 11.6 Å². The molecule has 2 saturated heterocycles. The molecule has 0 aromatic carbocycles. The number of anilines is 2. The van der Waals surface area contributed by atoms with Crippen LogP contribution in [-0.2, 0) is 0 Å². The van der Waals surface area contributed by atoms with Crippen LogP contribution in [-0.4, -0.2) is 53.0 Å². The van der Waals surface area contributed by atoms with Crippen LogP contribution >= 0.6 is 0 Å². The highest BCUT2D eigenvalue weighted by atomic mass is 16.3. The van der Waals surface area contributed by atoms with Crippen LogP contribution in [0, 0.1) is 0 Å². The summed E-state index contributed by atoms with van der Waals surface area (Å²) in [6, 6.07) is 4.09. The number of carbonyl (C=O) groups excluding carboxylic acids is 1. The number of piperidine rings is 2. The average molecular weight is 355 g/mol. The number of amides is 1. The molecule has 0 saturated carbocycles. The molecule has 7 nitrogen and oxygen atoms in total. The first kappa shape index (κ1) is 16.9. The minimum atomic E-state index is 0.0478. The van der Waals surface area contributed by atoms with Gasteiger partial charge in [0.2, 0.25) is 0 Å². The number of hydrogen-bond donors (Lipinski definition) is 1. The van der Waals surface area contributed by atoms with Gasteiger partial charge in [0.25, 0.3) is 5.91 Å². The van der Waals surface area contributed by atoms with Crippen LogP contribution in [0.2, 0.25) is 0 Å². The van der Waals surface area contributed by atoms with E-state index in [4.69, 9.17) is 4.42 Å². The lowest BCUT2D eigenvalue weighted by atomic mass is 10.0. The van der Waals surface area contributed by atoms with Crippen molar-refractivity contribution in [3.05, 3.63) is 36.5 Å². The van der Waals surface area contributed by atoms with Crippen LogP contribution in [0.15, 0.2) is 35.4 Å². The van der Waals surface area contributed by atoms with Gasteiger partial charge in [-0.1, -0.05) is 0 Å². The fourth-order valence-corrected chi connectivity index (χ4v) is 3.73. The summed E-state index contributed by atoms with van der Waals surface area (Å²) in [4.78, 5) is 25.4. The summed E-state index contributed by atoms with van der Waals surface area (Å²) in [5.41, 5.74) is 0.624. The molecule has 0 spiro atoms. The fraction of sp³-hybridized carbons (Fsp3) is 0.526. The van der Waals surface area contributed by atoms with Gasteiger partial charge in [-0.15, -0.1) is 0 Å². The van der Waals surface area contributed by atoms with Gasteiger partial charge in [-0.25, -0.2) is 9.97 Å². The minimum absolute atomic E-state index is 0.0478. The van der Waals surface area contributed by atoms with E-state index in [2.05, 4.69) is 20.2 Å². The molecule has 0 bridgehead atoms. The number of nitrogens with one attached hydrogen (secondary N) is 1. The monoisotopic (exact) mass is 355 g/mol. The molecular formula is C19H25N5O2. The molecule has 7 heteroatoms. The standard InChI is InChI=1S/C19H25N5O2/c25-19(15-6-11-26-13-15)24-9-4-16(5-10-24)22-17-12-18(21-14-20-17)23-7-2-1-3-8-23/h6,11-14,16H,1-5,7-10H2,(H,20,21,22). The largest absolute Gasteiger partial charge is 0.472 e. The van der Waals surface area contributed by atoms with Crippen LogP contribution < -0.4 is 10.2 Å². The van der Waals surface area contributed by atoms with Crippen molar-refractivity contribution < 1.29 is 9.21 Å². The molecule has 2 aromatic heterocycles. The number of rotatable bonds is 4. The van der Waals surface area contributed by atoms with E-state index in [0.717, 1.165) is 50.7 Å². The number of likely N-dealkylation sites (tertiary alicyclic amines) is 1. The van der Waals surface area contributed by atoms with E-state index in [0.29, 0.717) is 11.6 Å². The molecule has 26 heavy (non-hydrogen) atoms. The molecule has 2 aliphatic heterocycles. The zero-order valence-electron chi connectivity index (χ0n) is 14.9. The Kier molecular flexibility index (Phi) is 5.04. The number of nitrogens with zero attached hydrogens (tertiary/aromatic N) is 4. The smallest absolute Gasteiger partial charge is 0.257 e. The zero-order valence-corrected chi connectivity index (χ0v) is 14.9. The summed E-state index contributed by atoms with van der Waals surface area (Å²) >= 11 is 0. The minimum Gasteiger partial charge on any atom is -0.472 e. The van der Waals surface area contributed by atoms with Crippen molar-refractivity contribution >= 4 is 17.5 Å². The van der Waals surface area contributed by atoms with Crippen molar-refractivity contribution in [1.29, 1.82) is 0 Å². The summed E-state index contributed by atoms with van der Waals surface area (Å²) in [6.07, 6.45) is 10.3. The number of furan rings is 1. The van der Waals surface area contributed by atoms with Crippen molar-refractivity contribution in [3.8, 4) is 0 Å². The Balaban J connectivity index is 1.32. The Bertz CT molecular complexity index is 719. The van der Waals surface area contributed by atoms with Gasteiger partial charge in [0.15, 0.2) is 0 Å². The van der Waals surface area contributed by atoms with Gasteiger partial charge in [0.05, 0.1) is 11.8 Å². The molecule has 0 aliphatic carbocycles. The first-order valence-electron chi connectivity index (χ1n) is 9.44. The van der Waals surface area contributed by atoms with E-state index in [1.165, 1.54) is 31.8 Å². The summed E-state index contributed by atoms with van der Waals surface area (Å²) in [7, 11) is 0. The molecule has 0 radical (unpaired) electrons. The summed E-state index contributed by atoms with van der Waals surface area (Å²) < 4.78 is 5.01. The Hall–Kier alpha value is -2.57. The number of aromatic nitrogens is 2. The molecule has 4 rings (SSSR count). The second kappa shape index (κ2) is 7.76. The van der Waals surface area contributed by atoms with Gasteiger partial charge in [-0.3, -0.25) is 4.79 Å². The average Bonchev–Trinajstić information content (AvgIpc) is 3.24. The molecule has 2 aliphatic rings. The molecule has 2 aromatic rings. The van der Waals surface area contributed by atoms with E-state index in [-0.39, 0.29) is 5.91 Å². The lowest BCUT2D eigenvalue weighted by molar-refractivity contribution is 0.0717. The predicted octanol–water partition coefficient (Wildman–Crippen LogP) is 2.78. The summed E-state index contributed by atoms with van der Waals surface area (Å²) in [6.45, 7) is 3.63. The maximum absolute atomic E-state index is 12.4. The molecule has 0 atom stereocenters. The van der Waals surface area contributed by atoms with Gasteiger partial charge in [-0.2, -0.15) is 0 Å². The second-order valence-corrected chi connectivity index (χ2v) is 7.03. The topological polar surface area (TPSA) is 74.5 Å². The van der Waals surface area contributed by atoms with Crippen molar-refractivity contribution in [2.75, 3.05) is 36.4 Å². The number of carbonyl (C=O) groups is 1. The maximum Gasteiger partial charge on any atom is 0.257 e. The normalized spacial score (nSPS) is 18.8. The maximum atomic E-state index is 12.4. The Morgan fingerprint density at radius 3 is 2.65 bits per heavy atom. The number of hydrogen-bond acceptors (Lipinski definition) is 6. The molecule has 138 valence electrons. The molecule has 0 unspecified atom stereocenters. The predicted molar refractivity (Wildman–Crippen MR) is 99.4 cm³/mol. The van der Waals surface area contributed by atoms with Crippen molar-refractivity contribution in [2.45, 2.75) is 38.1 Å². The highest BCUT2D eigenvalue weighted by Crippen LogP contribution is 2.21. The third-order valence-electron chi connectivity index (χ3n) is 5.24. The van der Waals surface area contributed by atoms with Crippen LogP contribution in [0.25, 0.3) is 0 Å². The molecular weight excluding hydrogens is 330 g/mol. The molecule has 1 N–H and O–H groups in total. The van der Waals surface area contributed by atoms with Crippen LogP contribution in [0.3, 0.4) is 0 Å². The Labute approximate surface area is 153 Å². The first-order chi connectivity index (χ1) is 12.8. The molecule has 1 amide bonds. The Morgan fingerprint density at radius 1 is 1.12 bits per heavy atom. The van der Waals surface area contributed by atoms with E-state index in [9.17, 15) is 4.79 Å². The molecule has 2 fully saturated rings. The van der Waals surface area contributed by atoms with Gasteiger partial charge >= 0.3 is 0 Å². The quantitative estimate of drug-likeness (QED) is 0.909. The van der Waals surface area contributed by atoms with Crippen molar-refractivity contribution in [3.63, 3.8) is 0 Å². The van der Waals surface area contributed by atoms with E-state index in [1.807, 2.05) is 11.0 Å². The van der Waals surface area contributed by atoms with Crippen molar-refractivity contribution in [1.82, 2.24) is 14.9 Å². The Morgan fingerprint density at radius 2 is 1.92 bits per heavy atom. The van der Waals surface area contributed by atoms with Gasteiger partial charge < -0.3 is 19.5 Å². The van der Waals surface area contributed by atoms with E-state index in [1.54, 1.807) is 12.4 Å². The summed E-state index contributed by atoms with van der Waals surface area (Å²) in [5.74, 6) is 1.93. The first-order valence-corrected chi connectivity index (χ1v) is 9.44. The molecule has 4 heterocycles. The SMILES string of the molecule is O=C(c1ccoc1)N1CCC(Nc2cc(N3CCCCC3)ncn2)CC1. The highest BCUT2D eigenvalue weighted by molar-refractivity contribution is 5.93.